The summed E-state index contributed by atoms with van der Waals surface area (Å²) in [6.07, 6.45) is 0.367. The van der Waals surface area contributed by atoms with Crippen LogP contribution >= 0.6 is 11.3 Å². The third-order valence-electron chi connectivity index (χ3n) is 4.98. The van der Waals surface area contributed by atoms with Crippen LogP contribution in [0.25, 0.3) is 0 Å². The largest absolute Gasteiger partial charge is 0.508 e. The lowest BCUT2D eigenvalue weighted by atomic mass is 9.98. The summed E-state index contributed by atoms with van der Waals surface area (Å²) in [7, 11) is 0. The Kier molecular flexibility index (Phi) is 4.57. The maximum absolute atomic E-state index is 12.8. The highest BCUT2D eigenvalue weighted by molar-refractivity contribution is 7.12. The SMILES string of the molecule is O=C1N[C@@H](Cc2ccc(O)cc2)C(=O)N2CCN(C(=O)c3cccs3)C[C@H]12. The number of nitrogens with zero attached hydrogens (tertiary/aromatic N) is 2. The number of aromatic hydroxyl groups is 1. The number of thiophene rings is 1. The van der Waals surface area contributed by atoms with Gasteiger partial charge in [-0.1, -0.05) is 18.2 Å². The molecule has 2 fully saturated rings. The Labute approximate surface area is 160 Å². The first kappa shape index (κ1) is 17.5. The molecule has 4 rings (SSSR count). The Bertz CT molecular complexity index is 866. The lowest BCUT2D eigenvalue weighted by Crippen LogP contribution is -2.70. The predicted molar refractivity (Wildman–Crippen MR) is 99.5 cm³/mol. The fourth-order valence-corrected chi connectivity index (χ4v) is 4.24. The molecule has 8 heteroatoms. The van der Waals surface area contributed by atoms with Crippen LogP contribution in [0.2, 0.25) is 0 Å². The van der Waals surface area contributed by atoms with Gasteiger partial charge in [-0.05, 0) is 29.1 Å². The van der Waals surface area contributed by atoms with E-state index in [9.17, 15) is 19.5 Å². The van der Waals surface area contributed by atoms with Crippen LogP contribution in [-0.4, -0.2) is 64.3 Å². The van der Waals surface area contributed by atoms with Crippen LogP contribution in [-0.2, 0) is 16.0 Å². The Hall–Kier alpha value is -2.87. The maximum atomic E-state index is 12.8. The van der Waals surface area contributed by atoms with Crippen molar-refractivity contribution in [1.29, 1.82) is 0 Å². The summed E-state index contributed by atoms with van der Waals surface area (Å²) in [5.41, 5.74) is 0.858. The summed E-state index contributed by atoms with van der Waals surface area (Å²) >= 11 is 1.37. The van der Waals surface area contributed by atoms with Gasteiger partial charge in [-0.15, -0.1) is 11.3 Å². The molecule has 2 aliphatic heterocycles. The fraction of sp³-hybridized carbons (Fsp3) is 0.316. The number of phenols is 1. The van der Waals surface area contributed by atoms with E-state index in [0.717, 1.165) is 5.56 Å². The molecule has 0 spiro atoms. The molecule has 1 aromatic heterocycles. The molecule has 140 valence electrons. The molecule has 7 nitrogen and oxygen atoms in total. The average molecular weight is 385 g/mol. The number of carbonyl (C=O) groups is 3. The minimum atomic E-state index is -0.647. The predicted octanol–water partition coefficient (Wildman–Crippen LogP) is 0.848. The topological polar surface area (TPSA) is 89.9 Å². The lowest BCUT2D eigenvalue weighted by Gasteiger charge is -2.45. The molecule has 0 unspecified atom stereocenters. The standard InChI is InChI=1S/C19H19N3O4S/c23-13-5-3-12(4-6-13)10-14-18(25)22-8-7-21(11-15(22)17(24)20-14)19(26)16-2-1-9-27-16/h1-6,9,14-15,23H,7-8,10-11H2,(H,20,24)/t14-,15+/m0/s1. The van der Waals surface area contributed by atoms with E-state index in [1.165, 1.54) is 11.3 Å². The molecule has 0 radical (unpaired) electrons. The summed E-state index contributed by atoms with van der Waals surface area (Å²) in [5.74, 6) is -0.307. The summed E-state index contributed by atoms with van der Waals surface area (Å²) < 4.78 is 0. The van der Waals surface area contributed by atoms with Gasteiger partial charge in [0.25, 0.3) is 5.91 Å². The number of amides is 3. The highest BCUT2D eigenvalue weighted by Gasteiger charge is 2.44. The van der Waals surface area contributed by atoms with Gasteiger partial charge in [0.2, 0.25) is 11.8 Å². The van der Waals surface area contributed by atoms with E-state index in [1.54, 1.807) is 40.1 Å². The van der Waals surface area contributed by atoms with Crippen molar-refractivity contribution < 1.29 is 19.5 Å². The molecule has 3 amide bonds. The van der Waals surface area contributed by atoms with Gasteiger partial charge in [-0.2, -0.15) is 0 Å². The molecule has 2 aromatic rings. The zero-order valence-corrected chi connectivity index (χ0v) is 15.3. The lowest BCUT2D eigenvalue weighted by molar-refractivity contribution is -0.152. The first-order valence-electron chi connectivity index (χ1n) is 8.74. The Morgan fingerprint density at radius 3 is 2.67 bits per heavy atom. The molecule has 0 aliphatic carbocycles. The van der Waals surface area contributed by atoms with Crippen molar-refractivity contribution in [3.8, 4) is 5.75 Å². The van der Waals surface area contributed by atoms with E-state index in [2.05, 4.69) is 5.32 Å². The second kappa shape index (κ2) is 7.03. The van der Waals surface area contributed by atoms with E-state index in [1.807, 2.05) is 11.4 Å². The number of hydrogen-bond acceptors (Lipinski definition) is 5. The van der Waals surface area contributed by atoms with Crippen LogP contribution in [0.15, 0.2) is 41.8 Å². The van der Waals surface area contributed by atoms with Gasteiger partial charge in [0.15, 0.2) is 0 Å². The van der Waals surface area contributed by atoms with Crippen molar-refractivity contribution in [2.24, 2.45) is 0 Å². The van der Waals surface area contributed by atoms with Gasteiger partial charge in [0.05, 0.1) is 11.4 Å². The number of benzene rings is 1. The van der Waals surface area contributed by atoms with Crippen molar-refractivity contribution in [3.05, 3.63) is 52.2 Å². The van der Waals surface area contributed by atoms with E-state index in [4.69, 9.17) is 0 Å². The molecule has 2 atom stereocenters. The van der Waals surface area contributed by atoms with Gasteiger partial charge in [0, 0.05) is 19.5 Å². The molecule has 0 saturated carbocycles. The van der Waals surface area contributed by atoms with Crippen LogP contribution in [0.3, 0.4) is 0 Å². The van der Waals surface area contributed by atoms with Gasteiger partial charge in [0.1, 0.15) is 17.8 Å². The van der Waals surface area contributed by atoms with Gasteiger partial charge < -0.3 is 20.2 Å². The average Bonchev–Trinajstić information content (AvgIpc) is 3.21. The normalized spacial score (nSPS) is 22.4. The molecule has 27 heavy (non-hydrogen) atoms. The molecular formula is C19H19N3O4S. The van der Waals surface area contributed by atoms with Crippen molar-refractivity contribution in [2.75, 3.05) is 19.6 Å². The highest BCUT2D eigenvalue weighted by atomic mass is 32.1. The summed E-state index contributed by atoms with van der Waals surface area (Å²) in [6.45, 7) is 0.971. The molecule has 3 heterocycles. The molecule has 0 bridgehead atoms. The minimum absolute atomic E-state index is 0.101. The third kappa shape index (κ3) is 3.40. The smallest absolute Gasteiger partial charge is 0.264 e. The minimum Gasteiger partial charge on any atom is -0.508 e. The Balaban J connectivity index is 1.45. The zero-order valence-electron chi connectivity index (χ0n) is 14.5. The summed E-state index contributed by atoms with van der Waals surface area (Å²) in [4.78, 5) is 41.8. The number of hydrogen-bond donors (Lipinski definition) is 2. The molecule has 2 N–H and O–H groups in total. The first-order valence-corrected chi connectivity index (χ1v) is 9.62. The van der Waals surface area contributed by atoms with Crippen molar-refractivity contribution in [2.45, 2.75) is 18.5 Å². The number of carbonyl (C=O) groups excluding carboxylic acids is 3. The molecule has 2 aliphatic rings. The van der Waals surface area contributed by atoms with Crippen LogP contribution in [0, 0.1) is 0 Å². The van der Waals surface area contributed by atoms with Crippen LogP contribution in [0.4, 0.5) is 0 Å². The van der Waals surface area contributed by atoms with Crippen LogP contribution in [0.5, 0.6) is 5.75 Å². The number of nitrogens with one attached hydrogen (secondary N) is 1. The van der Waals surface area contributed by atoms with Crippen molar-refractivity contribution >= 4 is 29.1 Å². The molecular weight excluding hydrogens is 366 g/mol. The maximum Gasteiger partial charge on any atom is 0.264 e. The Morgan fingerprint density at radius 1 is 1.19 bits per heavy atom. The number of piperazine rings is 2. The fourth-order valence-electron chi connectivity index (χ4n) is 3.55. The Morgan fingerprint density at radius 2 is 1.96 bits per heavy atom. The van der Waals surface area contributed by atoms with Crippen molar-refractivity contribution in [1.82, 2.24) is 15.1 Å². The van der Waals surface area contributed by atoms with E-state index in [0.29, 0.717) is 24.4 Å². The third-order valence-corrected chi connectivity index (χ3v) is 5.83. The second-order valence-electron chi connectivity index (χ2n) is 6.71. The molecule has 2 saturated heterocycles. The first-order chi connectivity index (χ1) is 13.0. The second-order valence-corrected chi connectivity index (χ2v) is 7.66. The van der Waals surface area contributed by atoms with E-state index in [-0.39, 0.29) is 30.0 Å². The van der Waals surface area contributed by atoms with Crippen LogP contribution in [0.1, 0.15) is 15.2 Å². The van der Waals surface area contributed by atoms with Gasteiger partial charge in [-0.3, -0.25) is 14.4 Å². The monoisotopic (exact) mass is 385 g/mol. The summed E-state index contributed by atoms with van der Waals surface area (Å²) in [6, 6.07) is 8.89. The number of rotatable bonds is 3. The van der Waals surface area contributed by atoms with Crippen molar-refractivity contribution in [3.63, 3.8) is 0 Å². The highest BCUT2D eigenvalue weighted by Crippen LogP contribution is 2.21. The summed E-state index contributed by atoms with van der Waals surface area (Å²) in [5, 5.41) is 14.0. The van der Waals surface area contributed by atoms with Crippen LogP contribution < -0.4 is 5.32 Å². The van der Waals surface area contributed by atoms with Gasteiger partial charge >= 0.3 is 0 Å². The number of phenolic OH excluding ortho intramolecular Hbond substituents is 1. The quantitative estimate of drug-likeness (QED) is 0.820. The molecule has 1 aromatic carbocycles. The van der Waals surface area contributed by atoms with E-state index >= 15 is 0 Å². The van der Waals surface area contributed by atoms with E-state index < -0.39 is 12.1 Å². The zero-order chi connectivity index (χ0) is 19.0. The number of fused-ring (bicyclic) bond motifs is 1. The van der Waals surface area contributed by atoms with Gasteiger partial charge in [-0.25, -0.2) is 0 Å².